The summed E-state index contributed by atoms with van der Waals surface area (Å²) in [5, 5.41) is 2.51. The minimum absolute atomic E-state index is 1.18. The number of hydrogen-bond donors (Lipinski definition) is 0. The molecule has 1 nitrogen and oxygen atoms in total. The molecule has 0 amide bonds. The number of aromatic nitrogens is 1. The Bertz CT molecular complexity index is 2260. The van der Waals surface area contributed by atoms with Gasteiger partial charge in [0, 0.05) is 16.3 Å². The number of aryl methyl sites for hydroxylation is 1. The highest BCUT2D eigenvalue weighted by Gasteiger charge is 2.17. The topological polar surface area (TPSA) is 4.93 Å². The summed E-state index contributed by atoms with van der Waals surface area (Å²) in [5.74, 6) is 0. The van der Waals surface area contributed by atoms with Crippen LogP contribution in [0.15, 0.2) is 170 Å². The third-order valence-corrected chi connectivity index (χ3v) is 8.68. The molecule has 1 aromatic heterocycles. The number of hydrogen-bond acceptors (Lipinski definition) is 0. The molecule has 0 aliphatic carbocycles. The van der Waals surface area contributed by atoms with Gasteiger partial charge in [0.1, 0.15) is 0 Å². The molecule has 0 unspecified atom stereocenters. The Morgan fingerprint density at radius 3 is 1.64 bits per heavy atom. The Labute approximate surface area is 258 Å². The van der Waals surface area contributed by atoms with Gasteiger partial charge in [-0.15, -0.1) is 0 Å². The zero-order valence-electron chi connectivity index (χ0n) is 24.6. The van der Waals surface area contributed by atoms with Gasteiger partial charge < -0.3 is 4.57 Å². The molecule has 0 fully saturated rings. The van der Waals surface area contributed by atoms with Gasteiger partial charge in [0.05, 0.1) is 16.7 Å². The molecule has 0 aliphatic rings. The first-order chi connectivity index (χ1) is 21.7. The minimum Gasteiger partial charge on any atom is -0.309 e. The lowest BCUT2D eigenvalue weighted by atomic mass is 9.97. The van der Waals surface area contributed by atoms with E-state index in [-0.39, 0.29) is 0 Å². The molecule has 0 saturated carbocycles. The molecule has 1 heterocycles. The van der Waals surface area contributed by atoms with Crippen molar-refractivity contribution in [2.75, 3.05) is 0 Å². The van der Waals surface area contributed by atoms with Crippen molar-refractivity contribution in [3.63, 3.8) is 0 Å². The predicted molar refractivity (Wildman–Crippen MR) is 187 cm³/mol. The van der Waals surface area contributed by atoms with Crippen molar-refractivity contribution in [2.24, 2.45) is 0 Å². The van der Waals surface area contributed by atoms with Crippen LogP contribution >= 0.6 is 0 Å². The maximum absolute atomic E-state index is 2.44. The van der Waals surface area contributed by atoms with E-state index in [2.05, 4.69) is 181 Å². The Kier molecular flexibility index (Phi) is 6.43. The van der Waals surface area contributed by atoms with Gasteiger partial charge in [0.25, 0.3) is 0 Å². The summed E-state index contributed by atoms with van der Waals surface area (Å²) in [5.41, 5.74) is 14.6. The highest BCUT2D eigenvalue weighted by atomic mass is 15.0. The Morgan fingerprint density at radius 2 is 0.864 bits per heavy atom. The summed E-state index contributed by atoms with van der Waals surface area (Å²) in [7, 11) is 0. The molecule has 0 aliphatic heterocycles. The first kappa shape index (κ1) is 26.0. The lowest BCUT2D eigenvalue weighted by Gasteiger charge is -2.16. The normalized spacial score (nSPS) is 11.3. The van der Waals surface area contributed by atoms with E-state index in [0.29, 0.717) is 0 Å². The third-order valence-electron chi connectivity index (χ3n) is 8.68. The molecule has 208 valence electrons. The highest BCUT2D eigenvalue weighted by molar-refractivity contribution is 6.11. The monoisotopic (exact) mass is 561 g/mol. The second kappa shape index (κ2) is 10.9. The van der Waals surface area contributed by atoms with Crippen molar-refractivity contribution in [2.45, 2.75) is 6.92 Å². The molecule has 0 atom stereocenters. The van der Waals surface area contributed by atoms with E-state index in [1.54, 1.807) is 0 Å². The average molecular weight is 562 g/mol. The average Bonchev–Trinajstić information content (AvgIpc) is 3.43. The number of rotatable bonds is 5. The molecule has 0 spiro atoms. The van der Waals surface area contributed by atoms with Crippen LogP contribution in [-0.4, -0.2) is 4.57 Å². The largest absolute Gasteiger partial charge is 0.309 e. The number of benzene rings is 7. The first-order valence-electron chi connectivity index (χ1n) is 15.2. The minimum atomic E-state index is 1.18. The standard InChI is InChI=1S/C43H31N/c1-30-19-21-32(22-20-30)34-15-10-16-35(27-34)37-24-26-43-40(29-37)38-17-8-9-18-41(38)44(43)42-25-23-36(31-11-4-2-5-12-31)28-39(42)33-13-6-3-7-14-33/h2-29H,1H3. The molecule has 1 heteroatoms. The fourth-order valence-electron chi connectivity index (χ4n) is 6.43. The van der Waals surface area contributed by atoms with Gasteiger partial charge in [-0.3, -0.25) is 0 Å². The van der Waals surface area contributed by atoms with Crippen molar-refractivity contribution in [1.29, 1.82) is 0 Å². The van der Waals surface area contributed by atoms with Gasteiger partial charge >= 0.3 is 0 Å². The van der Waals surface area contributed by atoms with Crippen LogP contribution in [-0.2, 0) is 0 Å². The fraction of sp³-hybridized carbons (Fsp3) is 0.0233. The van der Waals surface area contributed by atoms with Crippen molar-refractivity contribution in [3.05, 3.63) is 175 Å². The molecule has 44 heavy (non-hydrogen) atoms. The van der Waals surface area contributed by atoms with Crippen LogP contribution in [0.3, 0.4) is 0 Å². The van der Waals surface area contributed by atoms with Gasteiger partial charge in [-0.25, -0.2) is 0 Å². The Morgan fingerprint density at radius 1 is 0.341 bits per heavy atom. The summed E-state index contributed by atoms with van der Waals surface area (Å²) in [4.78, 5) is 0. The van der Waals surface area contributed by atoms with Gasteiger partial charge in [-0.2, -0.15) is 0 Å². The van der Waals surface area contributed by atoms with E-state index in [1.807, 2.05) is 0 Å². The van der Waals surface area contributed by atoms with Crippen LogP contribution < -0.4 is 0 Å². The maximum atomic E-state index is 2.44. The first-order valence-corrected chi connectivity index (χ1v) is 15.2. The van der Waals surface area contributed by atoms with Crippen LogP contribution in [0.2, 0.25) is 0 Å². The maximum Gasteiger partial charge on any atom is 0.0541 e. The van der Waals surface area contributed by atoms with Crippen LogP contribution in [0.4, 0.5) is 0 Å². The van der Waals surface area contributed by atoms with E-state index >= 15 is 0 Å². The lowest BCUT2D eigenvalue weighted by molar-refractivity contribution is 1.18. The molecule has 8 aromatic rings. The van der Waals surface area contributed by atoms with Crippen LogP contribution in [0.5, 0.6) is 0 Å². The van der Waals surface area contributed by atoms with Crippen molar-refractivity contribution < 1.29 is 0 Å². The zero-order valence-corrected chi connectivity index (χ0v) is 24.6. The van der Waals surface area contributed by atoms with Gasteiger partial charge in [0.2, 0.25) is 0 Å². The summed E-state index contributed by atoms with van der Waals surface area (Å²) in [6.45, 7) is 2.13. The lowest BCUT2D eigenvalue weighted by Crippen LogP contribution is -1.98. The molecule has 0 N–H and O–H groups in total. The molecular formula is C43H31N. The quantitative estimate of drug-likeness (QED) is 0.197. The molecule has 7 aromatic carbocycles. The Hall–Kier alpha value is -5.66. The summed E-state index contributed by atoms with van der Waals surface area (Å²) in [6, 6.07) is 61.6. The van der Waals surface area contributed by atoms with Gasteiger partial charge in [0.15, 0.2) is 0 Å². The molecule has 8 rings (SSSR count). The second-order valence-corrected chi connectivity index (χ2v) is 11.5. The molecule has 0 bridgehead atoms. The zero-order chi connectivity index (χ0) is 29.5. The van der Waals surface area contributed by atoms with Crippen LogP contribution in [0.1, 0.15) is 5.56 Å². The molecular weight excluding hydrogens is 530 g/mol. The fourth-order valence-corrected chi connectivity index (χ4v) is 6.43. The number of para-hydroxylation sites is 1. The SMILES string of the molecule is Cc1ccc(-c2cccc(-c3ccc4c(c3)c3ccccc3n4-c3ccc(-c4ccccc4)cc3-c3ccccc3)c2)cc1. The Balaban J connectivity index is 1.32. The summed E-state index contributed by atoms with van der Waals surface area (Å²) >= 11 is 0. The summed E-state index contributed by atoms with van der Waals surface area (Å²) in [6.07, 6.45) is 0. The molecule has 0 saturated heterocycles. The van der Waals surface area contributed by atoms with Crippen molar-refractivity contribution >= 4 is 21.8 Å². The van der Waals surface area contributed by atoms with Crippen molar-refractivity contribution in [1.82, 2.24) is 4.57 Å². The van der Waals surface area contributed by atoms with Crippen molar-refractivity contribution in [3.8, 4) is 50.2 Å². The van der Waals surface area contributed by atoms with E-state index in [4.69, 9.17) is 0 Å². The highest BCUT2D eigenvalue weighted by Crippen LogP contribution is 2.39. The van der Waals surface area contributed by atoms with Crippen LogP contribution in [0.25, 0.3) is 72.0 Å². The van der Waals surface area contributed by atoms with Crippen LogP contribution in [0, 0.1) is 6.92 Å². The van der Waals surface area contributed by atoms with Gasteiger partial charge in [-0.05, 0) is 82.3 Å². The predicted octanol–water partition coefficient (Wildman–Crippen LogP) is 11.8. The van der Waals surface area contributed by atoms with E-state index < -0.39 is 0 Å². The third kappa shape index (κ3) is 4.60. The van der Waals surface area contributed by atoms with E-state index in [9.17, 15) is 0 Å². The smallest absolute Gasteiger partial charge is 0.0541 e. The number of nitrogens with zero attached hydrogens (tertiary/aromatic N) is 1. The van der Waals surface area contributed by atoms with E-state index in [0.717, 1.165) is 0 Å². The van der Waals surface area contributed by atoms with E-state index in [1.165, 1.54) is 77.6 Å². The number of fused-ring (bicyclic) bond motifs is 3. The summed E-state index contributed by atoms with van der Waals surface area (Å²) < 4.78 is 2.44. The second-order valence-electron chi connectivity index (χ2n) is 11.5. The van der Waals surface area contributed by atoms with Gasteiger partial charge in [-0.1, -0.05) is 139 Å². The molecule has 0 radical (unpaired) electrons.